The highest BCUT2D eigenvalue weighted by molar-refractivity contribution is 5.03. The van der Waals surface area contributed by atoms with Gasteiger partial charge in [-0.05, 0) is 25.7 Å². The van der Waals surface area contributed by atoms with Crippen LogP contribution in [0.4, 0.5) is 0 Å². The first kappa shape index (κ1) is 13.1. The summed E-state index contributed by atoms with van der Waals surface area (Å²) in [4.78, 5) is 2.58. The lowest BCUT2D eigenvalue weighted by molar-refractivity contribution is 0.131. The molecule has 1 aromatic rings. The third kappa shape index (κ3) is 2.54. The Balaban J connectivity index is 1.70. The van der Waals surface area contributed by atoms with E-state index in [1.165, 1.54) is 32.2 Å². The summed E-state index contributed by atoms with van der Waals surface area (Å²) in [6.45, 7) is 6.15. The lowest BCUT2D eigenvalue weighted by Crippen LogP contribution is -2.40. The van der Waals surface area contributed by atoms with Crippen LogP contribution in [-0.2, 0) is 17.9 Å². The molecule has 5 nitrogen and oxygen atoms in total. The molecule has 0 bridgehead atoms. The highest BCUT2D eigenvalue weighted by Gasteiger charge is 2.30. The van der Waals surface area contributed by atoms with Crippen LogP contribution in [0, 0.1) is 5.92 Å². The summed E-state index contributed by atoms with van der Waals surface area (Å²) in [6, 6.07) is 0.382. The Bertz CT molecular complexity index is 425. The van der Waals surface area contributed by atoms with Crippen LogP contribution in [0.5, 0.6) is 0 Å². The van der Waals surface area contributed by atoms with Crippen molar-refractivity contribution in [1.82, 2.24) is 19.7 Å². The van der Waals surface area contributed by atoms with Crippen molar-refractivity contribution >= 4 is 0 Å². The van der Waals surface area contributed by atoms with Gasteiger partial charge in [0.2, 0.25) is 0 Å². The Morgan fingerprint density at radius 1 is 1.21 bits per heavy atom. The summed E-state index contributed by atoms with van der Waals surface area (Å²) in [5, 5.41) is 8.64. The lowest BCUT2D eigenvalue weighted by Gasteiger charge is -2.35. The van der Waals surface area contributed by atoms with Crippen molar-refractivity contribution in [1.29, 1.82) is 0 Å². The van der Waals surface area contributed by atoms with Gasteiger partial charge < -0.3 is 9.30 Å². The number of hydrogen-bond donors (Lipinski definition) is 0. The normalized spacial score (nSPS) is 24.8. The third-order valence-electron chi connectivity index (χ3n) is 4.63. The molecular weight excluding hydrogens is 240 g/mol. The van der Waals surface area contributed by atoms with E-state index in [1.54, 1.807) is 7.11 Å². The second-order valence-electron chi connectivity index (χ2n) is 5.88. The van der Waals surface area contributed by atoms with E-state index in [-0.39, 0.29) is 0 Å². The van der Waals surface area contributed by atoms with Gasteiger partial charge in [-0.1, -0.05) is 12.8 Å². The van der Waals surface area contributed by atoms with Crippen LogP contribution in [0.15, 0.2) is 0 Å². The van der Waals surface area contributed by atoms with Crippen LogP contribution in [-0.4, -0.2) is 39.9 Å². The lowest BCUT2D eigenvalue weighted by atomic mass is 10.1. The minimum Gasteiger partial charge on any atom is -0.377 e. The van der Waals surface area contributed by atoms with E-state index in [2.05, 4.69) is 26.6 Å². The Labute approximate surface area is 114 Å². The average Bonchev–Trinajstić information content (AvgIpc) is 3.04. The van der Waals surface area contributed by atoms with E-state index in [0.29, 0.717) is 12.6 Å². The summed E-state index contributed by atoms with van der Waals surface area (Å²) in [7, 11) is 1.71. The van der Waals surface area contributed by atoms with Crippen molar-refractivity contribution < 1.29 is 4.74 Å². The maximum atomic E-state index is 5.19. The summed E-state index contributed by atoms with van der Waals surface area (Å²) in [5.41, 5.74) is 0. The fourth-order valence-corrected chi connectivity index (χ4v) is 3.50. The topological polar surface area (TPSA) is 43.2 Å². The zero-order valence-electron chi connectivity index (χ0n) is 12.0. The van der Waals surface area contributed by atoms with Crippen molar-refractivity contribution in [2.75, 3.05) is 20.2 Å². The molecule has 0 saturated heterocycles. The summed E-state index contributed by atoms with van der Waals surface area (Å²) in [5.74, 6) is 2.97. The minimum atomic E-state index is 0.382. The van der Waals surface area contributed by atoms with Crippen LogP contribution < -0.4 is 0 Å². The second kappa shape index (κ2) is 5.59. The number of rotatable bonds is 4. The number of fused-ring (bicyclic) bond motifs is 1. The first-order chi connectivity index (χ1) is 9.29. The van der Waals surface area contributed by atoms with E-state index in [0.717, 1.165) is 30.7 Å². The Kier molecular flexibility index (Phi) is 3.84. The van der Waals surface area contributed by atoms with Gasteiger partial charge in [-0.25, -0.2) is 0 Å². The van der Waals surface area contributed by atoms with Crippen LogP contribution in [0.3, 0.4) is 0 Å². The highest BCUT2D eigenvalue weighted by Crippen LogP contribution is 2.30. The molecule has 2 heterocycles. The zero-order valence-corrected chi connectivity index (χ0v) is 12.0. The number of methoxy groups -OCH3 is 1. The number of ether oxygens (including phenoxy) is 1. The molecule has 1 fully saturated rings. The molecule has 0 amide bonds. The molecule has 106 valence electrons. The maximum Gasteiger partial charge on any atom is 0.159 e. The van der Waals surface area contributed by atoms with E-state index in [4.69, 9.17) is 4.74 Å². The Morgan fingerprint density at radius 3 is 2.74 bits per heavy atom. The van der Waals surface area contributed by atoms with Crippen molar-refractivity contribution in [3.05, 3.63) is 11.6 Å². The first-order valence-corrected chi connectivity index (χ1v) is 7.44. The van der Waals surface area contributed by atoms with Gasteiger partial charge >= 0.3 is 0 Å². The van der Waals surface area contributed by atoms with Crippen LogP contribution in [0.1, 0.15) is 50.3 Å². The predicted molar refractivity (Wildman–Crippen MR) is 72.7 cm³/mol. The van der Waals surface area contributed by atoms with Gasteiger partial charge in [0.1, 0.15) is 12.4 Å². The highest BCUT2D eigenvalue weighted by atomic mass is 16.5. The van der Waals surface area contributed by atoms with Crippen molar-refractivity contribution in [3.8, 4) is 0 Å². The van der Waals surface area contributed by atoms with Gasteiger partial charge in [0.25, 0.3) is 0 Å². The van der Waals surface area contributed by atoms with Crippen molar-refractivity contribution in [3.63, 3.8) is 0 Å². The molecule has 5 heteroatoms. The second-order valence-corrected chi connectivity index (χ2v) is 5.88. The number of nitrogens with zero attached hydrogens (tertiary/aromatic N) is 4. The van der Waals surface area contributed by atoms with Crippen LogP contribution >= 0.6 is 0 Å². The smallest absolute Gasteiger partial charge is 0.159 e. The molecule has 19 heavy (non-hydrogen) atoms. The first-order valence-electron chi connectivity index (χ1n) is 7.44. The van der Waals surface area contributed by atoms with Gasteiger partial charge in [-0.3, -0.25) is 4.90 Å². The van der Waals surface area contributed by atoms with Crippen LogP contribution in [0.25, 0.3) is 0 Å². The third-order valence-corrected chi connectivity index (χ3v) is 4.63. The molecule has 0 aromatic carbocycles. The predicted octanol–water partition coefficient (Wildman–Crippen LogP) is 1.99. The fourth-order valence-electron chi connectivity index (χ4n) is 3.50. The summed E-state index contributed by atoms with van der Waals surface area (Å²) >= 11 is 0. The van der Waals surface area contributed by atoms with Crippen molar-refractivity contribution in [2.24, 2.45) is 5.92 Å². The van der Waals surface area contributed by atoms with E-state index >= 15 is 0 Å². The van der Waals surface area contributed by atoms with Gasteiger partial charge in [-0.15, -0.1) is 10.2 Å². The quantitative estimate of drug-likeness (QED) is 0.834. The van der Waals surface area contributed by atoms with Crippen LogP contribution in [0.2, 0.25) is 0 Å². The van der Waals surface area contributed by atoms with Crippen molar-refractivity contribution in [2.45, 2.75) is 51.8 Å². The molecule has 2 aliphatic rings. The number of aromatic nitrogens is 3. The van der Waals surface area contributed by atoms with E-state index < -0.39 is 0 Å². The molecule has 1 aliphatic heterocycles. The zero-order chi connectivity index (χ0) is 13.2. The SMILES string of the molecule is COCc1nnc2n1CCN(CC1CCCC1)C2C. The summed E-state index contributed by atoms with van der Waals surface area (Å²) < 4.78 is 7.42. The maximum absolute atomic E-state index is 5.19. The van der Waals surface area contributed by atoms with Gasteiger partial charge in [-0.2, -0.15) is 0 Å². The number of hydrogen-bond acceptors (Lipinski definition) is 4. The molecule has 1 atom stereocenters. The molecule has 0 radical (unpaired) electrons. The Hall–Kier alpha value is -0.940. The molecule has 0 spiro atoms. The molecule has 1 saturated carbocycles. The molecule has 0 N–H and O–H groups in total. The van der Waals surface area contributed by atoms with E-state index in [1.807, 2.05) is 0 Å². The largest absolute Gasteiger partial charge is 0.377 e. The standard InChI is InChI=1S/C14H24N4O/c1-11-14-16-15-13(10-19-2)18(14)8-7-17(11)9-12-5-3-4-6-12/h11-12H,3-10H2,1-2H3. The summed E-state index contributed by atoms with van der Waals surface area (Å²) in [6.07, 6.45) is 5.65. The Morgan fingerprint density at radius 2 is 2.00 bits per heavy atom. The molecule has 3 rings (SSSR count). The average molecular weight is 264 g/mol. The monoisotopic (exact) mass is 264 g/mol. The van der Waals surface area contributed by atoms with Gasteiger partial charge in [0.05, 0.1) is 6.04 Å². The molecule has 1 aromatic heterocycles. The molecule has 1 unspecified atom stereocenters. The van der Waals surface area contributed by atoms with Gasteiger partial charge in [0, 0.05) is 26.7 Å². The fraction of sp³-hybridized carbons (Fsp3) is 0.857. The minimum absolute atomic E-state index is 0.382. The van der Waals surface area contributed by atoms with E-state index in [9.17, 15) is 0 Å². The van der Waals surface area contributed by atoms with Gasteiger partial charge in [0.15, 0.2) is 5.82 Å². The molecule has 1 aliphatic carbocycles. The molecular formula is C14H24N4O.